The second kappa shape index (κ2) is 6.60. The lowest BCUT2D eigenvalue weighted by Gasteiger charge is -2.32. The Morgan fingerprint density at radius 3 is 2.93 bits per heavy atom. The number of rotatable bonds is 4. The van der Waals surface area contributed by atoms with Crippen molar-refractivity contribution in [1.29, 1.82) is 0 Å². The minimum absolute atomic E-state index is 0.00118. The maximum absolute atomic E-state index is 13.3. The van der Waals surface area contributed by atoms with Gasteiger partial charge in [0.25, 0.3) is 0 Å². The minimum Gasteiger partial charge on any atom is -0.497 e. The molecule has 28 heavy (non-hydrogen) atoms. The number of ether oxygens (including phenoxy) is 3. The van der Waals surface area contributed by atoms with Crippen LogP contribution in [-0.4, -0.2) is 73.3 Å². The van der Waals surface area contributed by atoms with Crippen molar-refractivity contribution < 1.29 is 23.8 Å². The zero-order chi connectivity index (χ0) is 19.3. The summed E-state index contributed by atoms with van der Waals surface area (Å²) in [5.41, 5.74) is 0.325. The standard InChI is InChI=1S/C21H24N2O5/c1-26-15-4-2-3-14(11-15)12-23-13-21-6-5-16(28-21)17(18(21)20(23)25)19(24)22-7-9-27-10-8-22/h2-6,11,16-18H,7-10,12-13H2,1H3/t16-,17?,18?,21-/m1/s1. The van der Waals surface area contributed by atoms with E-state index in [2.05, 4.69) is 0 Å². The highest BCUT2D eigenvalue weighted by Crippen LogP contribution is 2.52. The van der Waals surface area contributed by atoms with Crippen LogP contribution < -0.4 is 4.74 Å². The first-order chi connectivity index (χ1) is 13.6. The van der Waals surface area contributed by atoms with E-state index in [4.69, 9.17) is 14.2 Å². The van der Waals surface area contributed by atoms with Gasteiger partial charge in [-0.25, -0.2) is 0 Å². The third-order valence-electron chi connectivity index (χ3n) is 6.29. The van der Waals surface area contributed by atoms with Crippen LogP contribution in [-0.2, 0) is 25.6 Å². The molecule has 4 heterocycles. The van der Waals surface area contributed by atoms with Crippen LogP contribution >= 0.6 is 0 Å². The highest BCUT2D eigenvalue weighted by Gasteiger charge is 2.67. The third-order valence-corrected chi connectivity index (χ3v) is 6.29. The normalized spacial score (nSPS) is 33.5. The Labute approximate surface area is 163 Å². The molecule has 2 bridgehead atoms. The van der Waals surface area contributed by atoms with E-state index >= 15 is 0 Å². The van der Waals surface area contributed by atoms with Crippen LogP contribution in [0.5, 0.6) is 5.75 Å². The molecular formula is C21H24N2O5. The van der Waals surface area contributed by atoms with E-state index < -0.39 is 17.4 Å². The Morgan fingerprint density at radius 2 is 2.14 bits per heavy atom. The third kappa shape index (κ3) is 2.64. The maximum Gasteiger partial charge on any atom is 0.230 e. The molecule has 0 saturated carbocycles. The summed E-state index contributed by atoms with van der Waals surface area (Å²) in [5, 5.41) is 0. The molecule has 0 aromatic heterocycles. The number of carbonyl (C=O) groups is 2. The molecule has 0 aliphatic carbocycles. The summed E-state index contributed by atoms with van der Waals surface area (Å²) in [6, 6.07) is 7.71. The highest BCUT2D eigenvalue weighted by atomic mass is 16.5. The van der Waals surface area contributed by atoms with Gasteiger partial charge >= 0.3 is 0 Å². The second-order valence-corrected chi connectivity index (χ2v) is 7.88. The zero-order valence-electron chi connectivity index (χ0n) is 15.9. The van der Waals surface area contributed by atoms with Crippen molar-refractivity contribution in [3.05, 3.63) is 42.0 Å². The van der Waals surface area contributed by atoms with E-state index in [1.54, 1.807) is 7.11 Å². The van der Waals surface area contributed by atoms with Crippen LogP contribution in [0.25, 0.3) is 0 Å². The van der Waals surface area contributed by atoms with E-state index in [1.807, 2.05) is 46.2 Å². The molecule has 2 unspecified atom stereocenters. The Balaban J connectivity index is 1.38. The number of nitrogens with zero attached hydrogens (tertiary/aromatic N) is 2. The van der Waals surface area contributed by atoms with Gasteiger partial charge in [-0.1, -0.05) is 24.3 Å². The van der Waals surface area contributed by atoms with Gasteiger partial charge in [0, 0.05) is 19.6 Å². The van der Waals surface area contributed by atoms with Gasteiger partial charge in [0.1, 0.15) is 11.4 Å². The monoisotopic (exact) mass is 384 g/mol. The summed E-state index contributed by atoms with van der Waals surface area (Å²) in [6.45, 7) is 3.21. The quantitative estimate of drug-likeness (QED) is 0.720. The summed E-state index contributed by atoms with van der Waals surface area (Å²) >= 11 is 0. The molecule has 3 saturated heterocycles. The van der Waals surface area contributed by atoms with Crippen LogP contribution in [0.1, 0.15) is 5.56 Å². The molecule has 1 aromatic rings. The zero-order valence-corrected chi connectivity index (χ0v) is 15.9. The lowest BCUT2D eigenvalue weighted by Crippen LogP contribution is -2.49. The van der Waals surface area contributed by atoms with Crippen molar-refractivity contribution in [3.8, 4) is 5.75 Å². The van der Waals surface area contributed by atoms with E-state index in [0.717, 1.165) is 11.3 Å². The number of fused-ring (bicyclic) bond motifs is 1. The van der Waals surface area contributed by atoms with Crippen molar-refractivity contribution in [2.75, 3.05) is 40.0 Å². The molecule has 7 heteroatoms. The molecule has 5 rings (SSSR count). The average Bonchev–Trinajstić information content (AvgIpc) is 3.37. The van der Waals surface area contributed by atoms with Gasteiger partial charge < -0.3 is 24.0 Å². The van der Waals surface area contributed by atoms with Crippen molar-refractivity contribution in [1.82, 2.24) is 9.80 Å². The number of hydrogen-bond acceptors (Lipinski definition) is 5. The van der Waals surface area contributed by atoms with Crippen LogP contribution in [0.15, 0.2) is 36.4 Å². The summed E-state index contributed by atoms with van der Waals surface area (Å²) in [5.74, 6) is -0.100. The van der Waals surface area contributed by atoms with E-state index in [-0.39, 0.29) is 17.9 Å². The minimum atomic E-state index is -0.673. The van der Waals surface area contributed by atoms with Crippen molar-refractivity contribution in [2.45, 2.75) is 18.2 Å². The predicted octanol–water partition coefficient (Wildman–Crippen LogP) is 0.836. The van der Waals surface area contributed by atoms with E-state index in [1.165, 1.54) is 0 Å². The number of hydrogen-bond donors (Lipinski definition) is 0. The summed E-state index contributed by atoms with van der Waals surface area (Å²) in [7, 11) is 1.63. The average molecular weight is 384 g/mol. The number of morpholine rings is 1. The number of amides is 2. The molecular weight excluding hydrogens is 360 g/mol. The van der Waals surface area contributed by atoms with Crippen LogP contribution in [0.4, 0.5) is 0 Å². The van der Waals surface area contributed by atoms with Crippen LogP contribution in [0, 0.1) is 11.8 Å². The molecule has 4 aliphatic heterocycles. The van der Waals surface area contributed by atoms with Crippen molar-refractivity contribution in [2.24, 2.45) is 11.8 Å². The van der Waals surface area contributed by atoms with Crippen molar-refractivity contribution in [3.63, 3.8) is 0 Å². The molecule has 1 aromatic carbocycles. The number of carbonyl (C=O) groups excluding carboxylic acids is 2. The van der Waals surface area contributed by atoms with Gasteiger partial charge in [-0.3, -0.25) is 9.59 Å². The largest absolute Gasteiger partial charge is 0.497 e. The lowest BCUT2D eigenvalue weighted by atomic mass is 9.76. The summed E-state index contributed by atoms with van der Waals surface area (Å²) in [4.78, 5) is 30.1. The molecule has 3 fully saturated rings. The number of benzene rings is 1. The summed E-state index contributed by atoms with van der Waals surface area (Å²) < 4.78 is 16.9. The van der Waals surface area contributed by atoms with Gasteiger partial charge in [-0.2, -0.15) is 0 Å². The topological polar surface area (TPSA) is 68.3 Å². The fraction of sp³-hybridized carbons (Fsp3) is 0.524. The Bertz CT molecular complexity index is 834. The smallest absolute Gasteiger partial charge is 0.230 e. The second-order valence-electron chi connectivity index (χ2n) is 7.88. The van der Waals surface area contributed by atoms with Gasteiger partial charge in [-0.15, -0.1) is 0 Å². The first-order valence-corrected chi connectivity index (χ1v) is 9.77. The molecule has 148 valence electrons. The van der Waals surface area contributed by atoms with Crippen LogP contribution in [0.2, 0.25) is 0 Å². The van der Waals surface area contributed by atoms with E-state index in [9.17, 15) is 9.59 Å². The first-order valence-electron chi connectivity index (χ1n) is 9.77. The van der Waals surface area contributed by atoms with Gasteiger partial charge in [0.15, 0.2) is 0 Å². The van der Waals surface area contributed by atoms with Gasteiger partial charge in [0.05, 0.1) is 44.8 Å². The SMILES string of the molecule is COc1cccc(CN2C[C@@]34C=C[C@@H](O3)C(C(=O)N3CCOCC3)C4C2=O)c1. The Hall–Kier alpha value is -2.38. The molecule has 2 amide bonds. The fourth-order valence-electron chi connectivity index (χ4n) is 4.98. The van der Waals surface area contributed by atoms with Gasteiger partial charge in [-0.05, 0) is 17.7 Å². The van der Waals surface area contributed by atoms with Crippen molar-refractivity contribution >= 4 is 11.8 Å². The molecule has 4 atom stereocenters. The van der Waals surface area contributed by atoms with E-state index in [0.29, 0.717) is 39.4 Å². The molecule has 0 radical (unpaired) electrons. The molecule has 4 aliphatic rings. The Kier molecular flexibility index (Phi) is 4.17. The predicted molar refractivity (Wildman–Crippen MR) is 99.5 cm³/mol. The molecule has 0 N–H and O–H groups in total. The molecule has 1 spiro atoms. The first kappa shape index (κ1) is 17.7. The summed E-state index contributed by atoms with van der Waals surface area (Å²) in [6.07, 6.45) is 3.65. The van der Waals surface area contributed by atoms with Crippen LogP contribution in [0.3, 0.4) is 0 Å². The lowest BCUT2D eigenvalue weighted by molar-refractivity contribution is -0.146. The van der Waals surface area contributed by atoms with Gasteiger partial charge in [0.2, 0.25) is 11.8 Å². The fourth-order valence-corrected chi connectivity index (χ4v) is 4.98. The highest BCUT2D eigenvalue weighted by molar-refractivity contribution is 5.93. The maximum atomic E-state index is 13.3. The Morgan fingerprint density at radius 1 is 1.32 bits per heavy atom. The number of likely N-dealkylation sites (tertiary alicyclic amines) is 1. The molecule has 7 nitrogen and oxygen atoms in total. The number of methoxy groups -OCH3 is 1.